The number of hydrogen-bond donors (Lipinski definition) is 1. The minimum Gasteiger partial charge on any atom is -0.497 e. The molecule has 4 rings (SSSR count). The van der Waals surface area contributed by atoms with Gasteiger partial charge in [0.15, 0.2) is 0 Å². The van der Waals surface area contributed by atoms with E-state index in [2.05, 4.69) is 21.7 Å². The monoisotopic (exact) mass is 522 g/mol. The standard InChI is InChI=1S/C30H32ClFN2O3/c1-37-24-10-12-29-26(19-24)25(14-16-33-29)28(32)11-8-21-15-18-34(20-23(21)9-13-30(35)36)17-4-6-22-5-2-3-7-27(22)31/h2-3,5,7,10,12,14,16,19,21,23,28H,8-9,11,13,15,17-18,20H2,1H3,(H,35,36)/t21-,23+,28?/m1/s1. The second-order valence-corrected chi connectivity index (χ2v) is 9.99. The van der Waals surface area contributed by atoms with Crippen LogP contribution in [0.4, 0.5) is 4.39 Å². The molecule has 194 valence electrons. The van der Waals surface area contributed by atoms with Crippen LogP contribution in [0.15, 0.2) is 54.7 Å². The Labute approximate surface area is 222 Å². The van der Waals surface area contributed by atoms with E-state index in [9.17, 15) is 9.90 Å². The third-order valence-corrected chi connectivity index (χ3v) is 7.54. The van der Waals surface area contributed by atoms with Gasteiger partial charge in [-0.1, -0.05) is 35.6 Å². The van der Waals surface area contributed by atoms with Gasteiger partial charge >= 0.3 is 5.97 Å². The number of rotatable bonds is 9. The summed E-state index contributed by atoms with van der Waals surface area (Å²) in [6, 6.07) is 14.8. The zero-order chi connectivity index (χ0) is 26.2. The van der Waals surface area contributed by atoms with Crippen LogP contribution in [0.5, 0.6) is 5.75 Å². The number of benzene rings is 2. The fraction of sp³-hybridized carbons (Fsp3) is 0.400. The molecule has 3 aromatic rings. The number of fused-ring (bicyclic) bond motifs is 1. The summed E-state index contributed by atoms with van der Waals surface area (Å²) in [6.45, 7) is 2.22. The van der Waals surface area contributed by atoms with Gasteiger partial charge < -0.3 is 9.84 Å². The molecule has 2 aromatic carbocycles. The summed E-state index contributed by atoms with van der Waals surface area (Å²) in [4.78, 5) is 17.9. The van der Waals surface area contributed by atoms with Crippen LogP contribution in [-0.2, 0) is 4.79 Å². The van der Waals surface area contributed by atoms with Crippen molar-refractivity contribution in [2.45, 2.75) is 38.3 Å². The number of ether oxygens (including phenoxy) is 1. The molecular weight excluding hydrogens is 491 g/mol. The number of likely N-dealkylation sites (tertiary alicyclic amines) is 1. The van der Waals surface area contributed by atoms with Crippen molar-refractivity contribution in [2.75, 3.05) is 26.7 Å². The molecule has 1 unspecified atom stereocenters. The maximum Gasteiger partial charge on any atom is 0.303 e. The molecular formula is C30H32ClFN2O3. The lowest BCUT2D eigenvalue weighted by atomic mass is 9.79. The molecule has 0 bridgehead atoms. The van der Waals surface area contributed by atoms with Crippen LogP contribution >= 0.6 is 11.6 Å². The van der Waals surface area contributed by atoms with Gasteiger partial charge in [-0.2, -0.15) is 0 Å². The Morgan fingerprint density at radius 1 is 1.24 bits per heavy atom. The SMILES string of the molecule is COc1ccc2nccc(C(F)CC[C@@H]3CCN(CC#Cc4ccccc4Cl)C[C@@H]3CCC(=O)O)c2c1. The van der Waals surface area contributed by atoms with E-state index in [0.717, 1.165) is 36.0 Å². The van der Waals surface area contributed by atoms with Crippen molar-refractivity contribution in [3.63, 3.8) is 0 Å². The Morgan fingerprint density at radius 2 is 2.08 bits per heavy atom. The first-order valence-corrected chi connectivity index (χ1v) is 13.1. The maximum atomic E-state index is 15.5. The average molecular weight is 523 g/mol. The third kappa shape index (κ3) is 7.21. The molecule has 1 aliphatic rings. The average Bonchev–Trinajstić information content (AvgIpc) is 2.91. The van der Waals surface area contributed by atoms with Crippen LogP contribution in [0.1, 0.15) is 49.4 Å². The van der Waals surface area contributed by atoms with E-state index in [0.29, 0.717) is 42.1 Å². The van der Waals surface area contributed by atoms with Crippen LogP contribution in [0.3, 0.4) is 0 Å². The summed E-state index contributed by atoms with van der Waals surface area (Å²) in [6.07, 6.45) is 3.21. The summed E-state index contributed by atoms with van der Waals surface area (Å²) >= 11 is 6.20. The zero-order valence-electron chi connectivity index (χ0n) is 21.0. The Hall–Kier alpha value is -3.14. The molecule has 5 nitrogen and oxygen atoms in total. The van der Waals surface area contributed by atoms with Crippen molar-refractivity contribution in [2.24, 2.45) is 11.8 Å². The fourth-order valence-electron chi connectivity index (χ4n) is 5.19. The van der Waals surface area contributed by atoms with Crippen molar-refractivity contribution in [1.29, 1.82) is 0 Å². The van der Waals surface area contributed by atoms with Crippen LogP contribution in [0.25, 0.3) is 10.9 Å². The van der Waals surface area contributed by atoms with E-state index in [1.807, 2.05) is 42.5 Å². The van der Waals surface area contributed by atoms with Crippen molar-refractivity contribution < 1.29 is 19.0 Å². The number of aliphatic carboxylic acids is 1. The molecule has 1 N–H and O–H groups in total. The lowest BCUT2D eigenvalue weighted by Gasteiger charge is -2.38. The Bertz CT molecular complexity index is 1290. The second kappa shape index (κ2) is 12.9. The number of carbonyl (C=O) groups is 1. The molecule has 1 aromatic heterocycles. The molecule has 1 saturated heterocycles. The minimum atomic E-state index is -1.13. The van der Waals surface area contributed by atoms with Crippen LogP contribution in [0, 0.1) is 23.7 Å². The summed E-state index contributed by atoms with van der Waals surface area (Å²) in [5.74, 6) is 6.68. The number of halogens is 2. The van der Waals surface area contributed by atoms with Gasteiger partial charge in [-0.3, -0.25) is 14.7 Å². The number of nitrogens with zero attached hydrogens (tertiary/aromatic N) is 2. The van der Waals surface area contributed by atoms with E-state index in [1.165, 1.54) is 0 Å². The Balaban J connectivity index is 1.40. The van der Waals surface area contributed by atoms with Gasteiger partial charge in [0.25, 0.3) is 0 Å². The van der Waals surface area contributed by atoms with E-state index >= 15 is 4.39 Å². The van der Waals surface area contributed by atoms with Crippen LogP contribution < -0.4 is 4.74 Å². The number of methoxy groups -OCH3 is 1. The van der Waals surface area contributed by atoms with Gasteiger partial charge in [0.1, 0.15) is 11.9 Å². The molecule has 1 fully saturated rings. The van der Waals surface area contributed by atoms with Crippen molar-refractivity contribution >= 4 is 28.5 Å². The Kier molecular flexibility index (Phi) is 9.38. The predicted molar refractivity (Wildman–Crippen MR) is 145 cm³/mol. The molecule has 0 radical (unpaired) electrons. The molecule has 7 heteroatoms. The highest BCUT2D eigenvalue weighted by molar-refractivity contribution is 6.31. The third-order valence-electron chi connectivity index (χ3n) is 7.21. The molecule has 0 spiro atoms. The first-order chi connectivity index (χ1) is 17.9. The molecule has 2 heterocycles. The van der Waals surface area contributed by atoms with E-state index < -0.39 is 12.1 Å². The number of carboxylic acid groups (broad SMARTS) is 1. The molecule has 0 aliphatic carbocycles. The molecule has 1 aliphatic heterocycles. The first-order valence-electron chi connectivity index (χ1n) is 12.7. The quantitative estimate of drug-likeness (QED) is 0.323. The molecule has 0 saturated carbocycles. The molecule has 3 atom stereocenters. The first kappa shape index (κ1) is 26.9. The largest absolute Gasteiger partial charge is 0.497 e. The highest BCUT2D eigenvalue weighted by Gasteiger charge is 2.30. The zero-order valence-corrected chi connectivity index (χ0v) is 21.8. The predicted octanol–water partition coefficient (Wildman–Crippen LogP) is 6.54. The lowest BCUT2D eigenvalue weighted by Crippen LogP contribution is -2.41. The number of aromatic nitrogens is 1. The number of piperidine rings is 1. The molecule has 0 amide bonds. The van der Waals surface area contributed by atoms with Gasteiger partial charge in [-0.25, -0.2) is 4.39 Å². The second-order valence-electron chi connectivity index (χ2n) is 9.59. The summed E-state index contributed by atoms with van der Waals surface area (Å²) in [5, 5.41) is 10.7. The normalized spacial score (nSPS) is 18.7. The van der Waals surface area contributed by atoms with Gasteiger partial charge in [-0.05, 0) is 86.0 Å². The number of hydrogen-bond acceptors (Lipinski definition) is 4. The maximum absolute atomic E-state index is 15.5. The number of alkyl halides is 1. The van der Waals surface area contributed by atoms with Gasteiger partial charge in [-0.15, -0.1) is 0 Å². The van der Waals surface area contributed by atoms with E-state index in [4.69, 9.17) is 16.3 Å². The van der Waals surface area contributed by atoms with Crippen LogP contribution in [-0.4, -0.2) is 47.7 Å². The van der Waals surface area contributed by atoms with E-state index in [-0.39, 0.29) is 18.3 Å². The summed E-state index contributed by atoms with van der Waals surface area (Å²) in [5.41, 5.74) is 2.17. The van der Waals surface area contributed by atoms with Gasteiger partial charge in [0.05, 0.1) is 24.2 Å². The summed E-state index contributed by atoms with van der Waals surface area (Å²) in [7, 11) is 1.59. The Morgan fingerprint density at radius 3 is 2.86 bits per heavy atom. The molecule has 37 heavy (non-hydrogen) atoms. The number of carboxylic acids is 1. The van der Waals surface area contributed by atoms with E-state index in [1.54, 1.807) is 19.4 Å². The van der Waals surface area contributed by atoms with Crippen molar-refractivity contribution in [3.05, 3.63) is 70.9 Å². The number of pyridine rings is 1. The topological polar surface area (TPSA) is 62.7 Å². The van der Waals surface area contributed by atoms with Crippen LogP contribution in [0.2, 0.25) is 5.02 Å². The smallest absolute Gasteiger partial charge is 0.303 e. The fourth-order valence-corrected chi connectivity index (χ4v) is 5.37. The minimum absolute atomic E-state index is 0.119. The highest BCUT2D eigenvalue weighted by Crippen LogP contribution is 2.36. The highest BCUT2D eigenvalue weighted by atomic mass is 35.5. The van der Waals surface area contributed by atoms with Crippen molar-refractivity contribution in [3.8, 4) is 17.6 Å². The lowest BCUT2D eigenvalue weighted by molar-refractivity contribution is -0.137. The summed E-state index contributed by atoms with van der Waals surface area (Å²) < 4.78 is 20.9. The van der Waals surface area contributed by atoms with Gasteiger partial charge in [0, 0.05) is 30.1 Å². The van der Waals surface area contributed by atoms with Gasteiger partial charge in [0.2, 0.25) is 0 Å². The van der Waals surface area contributed by atoms with Crippen molar-refractivity contribution in [1.82, 2.24) is 9.88 Å².